The van der Waals surface area contributed by atoms with Crippen LogP contribution in [0.1, 0.15) is 45.6 Å². The van der Waals surface area contributed by atoms with Gasteiger partial charge < -0.3 is 10.2 Å². The summed E-state index contributed by atoms with van der Waals surface area (Å²) in [6, 6.07) is 6.86. The van der Waals surface area contributed by atoms with E-state index in [9.17, 15) is 13.2 Å². The van der Waals surface area contributed by atoms with Gasteiger partial charge in [0.25, 0.3) is 0 Å². The second kappa shape index (κ2) is 10.7. The summed E-state index contributed by atoms with van der Waals surface area (Å²) in [7, 11) is -3.45. The zero-order valence-electron chi connectivity index (χ0n) is 17.2. The van der Waals surface area contributed by atoms with Gasteiger partial charge in [-0.15, -0.1) is 0 Å². The lowest BCUT2D eigenvalue weighted by Gasteiger charge is -2.31. The maximum atomic E-state index is 12.5. The number of nitrogens with one attached hydrogen (secondary N) is 1. The number of rotatable bonds is 9. The van der Waals surface area contributed by atoms with Gasteiger partial charge in [0.15, 0.2) is 0 Å². The van der Waals surface area contributed by atoms with Crippen molar-refractivity contribution in [1.82, 2.24) is 14.5 Å². The number of carbonyl (C=O) groups excluding carboxylic acids is 1. The minimum absolute atomic E-state index is 0.103. The average Bonchev–Trinajstić information content (AvgIpc) is 2.69. The van der Waals surface area contributed by atoms with Crippen molar-refractivity contribution in [3.8, 4) is 0 Å². The predicted octanol–water partition coefficient (Wildman–Crippen LogP) is 2.72. The highest BCUT2D eigenvalue weighted by Crippen LogP contribution is 2.17. The number of sulfonamides is 1. The minimum atomic E-state index is -3.45. The van der Waals surface area contributed by atoms with E-state index in [-0.39, 0.29) is 16.8 Å². The molecule has 0 unspecified atom stereocenters. The number of carbonyl (C=O) groups is 1. The van der Waals surface area contributed by atoms with Gasteiger partial charge in [-0.3, -0.25) is 4.79 Å². The van der Waals surface area contributed by atoms with Crippen molar-refractivity contribution < 1.29 is 13.2 Å². The topological polar surface area (TPSA) is 69.7 Å². The van der Waals surface area contributed by atoms with Crippen LogP contribution in [-0.2, 0) is 14.8 Å². The Hall–Kier alpha value is -1.70. The van der Waals surface area contributed by atoms with Gasteiger partial charge in [0.2, 0.25) is 15.9 Å². The molecule has 0 radical (unpaired) electrons. The molecule has 1 heterocycles. The van der Waals surface area contributed by atoms with E-state index in [1.807, 2.05) is 13.8 Å². The highest BCUT2D eigenvalue weighted by Gasteiger charge is 2.21. The Morgan fingerprint density at radius 3 is 2.29 bits per heavy atom. The van der Waals surface area contributed by atoms with Gasteiger partial charge in [0.05, 0.1) is 4.90 Å². The number of likely N-dealkylation sites (tertiary alicyclic amines) is 1. The summed E-state index contributed by atoms with van der Waals surface area (Å²) in [5, 5.41) is 3.06. The highest BCUT2D eigenvalue weighted by molar-refractivity contribution is 7.89. The standard InChI is InChI=1S/C21H33N3O3S/c1-4-15-23-16-13-19(14-17-23)22-21(25)12-9-18-7-10-20(11-8-18)28(26,27)24(5-2)6-3/h7-12,19H,4-6,13-17H2,1-3H3,(H,22,25)/b12-9+. The molecule has 0 bridgehead atoms. The molecule has 0 aliphatic carbocycles. The van der Waals surface area contributed by atoms with Crippen LogP contribution in [0.2, 0.25) is 0 Å². The maximum Gasteiger partial charge on any atom is 0.244 e. The molecule has 1 amide bonds. The second-order valence-corrected chi connectivity index (χ2v) is 9.05. The molecule has 1 aromatic carbocycles. The van der Waals surface area contributed by atoms with Crippen molar-refractivity contribution in [3.05, 3.63) is 35.9 Å². The first kappa shape index (κ1) is 22.6. The zero-order chi connectivity index (χ0) is 20.6. The summed E-state index contributed by atoms with van der Waals surface area (Å²) in [5.41, 5.74) is 0.798. The molecule has 156 valence electrons. The summed E-state index contributed by atoms with van der Waals surface area (Å²) in [4.78, 5) is 14.9. The van der Waals surface area contributed by atoms with Crippen LogP contribution in [0.5, 0.6) is 0 Å². The first-order valence-corrected chi connectivity index (χ1v) is 11.7. The molecule has 1 aromatic rings. The Kier molecular flexibility index (Phi) is 8.66. The molecule has 0 atom stereocenters. The van der Waals surface area contributed by atoms with E-state index in [0.29, 0.717) is 13.1 Å². The van der Waals surface area contributed by atoms with E-state index in [0.717, 1.165) is 44.5 Å². The normalized spacial score (nSPS) is 16.7. The lowest BCUT2D eigenvalue weighted by molar-refractivity contribution is -0.117. The highest BCUT2D eigenvalue weighted by atomic mass is 32.2. The first-order chi connectivity index (χ1) is 13.4. The van der Waals surface area contributed by atoms with E-state index < -0.39 is 10.0 Å². The van der Waals surface area contributed by atoms with Gasteiger partial charge in [0.1, 0.15) is 0 Å². The molecule has 1 aliphatic heterocycles. The van der Waals surface area contributed by atoms with Crippen molar-refractivity contribution in [2.45, 2.75) is 51.0 Å². The number of piperidine rings is 1. The molecule has 0 aromatic heterocycles. The van der Waals surface area contributed by atoms with Crippen molar-refractivity contribution in [3.63, 3.8) is 0 Å². The fourth-order valence-corrected chi connectivity index (χ4v) is 4.96. The Morgan fingerprint density at radius 2 is 1.75 bits per heavy atom. The van der Waals surface area contributed by atoms with Crippen molar-refractivity contribution >= 4 is 22.0 Å². The van der Waals surface area contributed by atoms with Crippen LogP contribution >= 0.6 is 0 Å². The van der Waals surface area contributed by atoms with Crippen molar-refractivity contribution in [2.24, 2.45) is 0 Å². The van der Waals surface area contributed by atoms with E-state index in [1.54, 1.807) is 30.3 Å². The van der Waals surface area contributed by atoms with Gasteiger partial charge in [-0.25, -0.2) is 8.42 Å². The molecule has 6 nitrogen and oxygen atoms in total. The first-order valence-electron chi connectivity index (χ1n) is 10.2. The molecule has 1 N–H and O–H groups in total. The number of hydrogen-bond acceptors (Lipinski definition) is 4. The molecule has 28 heavy (non-hydrogen) atoms. The molecule has 1 fully saturated rings. The number of benzene rings is 1. The summed E-state index contributed by atoms with van der Waals surface area (Å²) >= 11 is 0. The van der Waals surface area contributed by atoms with Crippen LogP contribution < -0.4 is 5.32 Å². The van der Waals surface area contributed by atoms with E-state index >= 15 is 0 Å². The minimum Gasteiger partial charge on any atom is -0.350 e. The molecule has 7 heteroatoms. The molecule has 2 rings (SSSR count). The third-order valence-corrected chi connectivity index (χ3v) is 7.19. The van der Waals surface area contributed by atoms with Crippen LogP contribution in [0.15, 0.2) is 35.2 Å². The van der Waals surface area contributed by atoms with E-state index in [4.69, 9.17) is 0 Å². The lowest BCUT2D eigenvalue weighted by Crippen LogP contribution is -2.44. The van der Waals surface area contributed by atoms with Crippen LogP contribution in [0.25, 0.3) is 6.08 Å². The quantitative estimate of drug-likeness (QED) is 0.639. The van der Waals surface area contributed by atoms with Crippen molar-refractivity contribution in [1.29, 1.82) is 0 Å². The Balaban J connectivity index is 1.90. The summed E-state index contributed by atoms with van der Waals surface area (Å²) < 4.78 is 26.4. The summed E-state index contributed by atoms with van der Waals surface area (Å²) in [6.07, 6.45) is 6.37. The number of nitrogens with zero attached hydrogens (tertiary/aromatic N) is 2. The predicted molar refractivity (Wildman–Crippen MR) is 113 cm³/mol. The maximum absolute atomic E-state index is 12.5. The van der Waals surface area contributed by atoms with Crippen LogP contribution in [0, 0.1) is 0 Å². The Labute approximate surface area is 169 Å². The van der Waals surface area contributed by atoms with Crippen LogP contribution in [0.3, 0.4) is 0 Å². The zero-order valence-corrected chi connectivity index (χ0v) is 18.0. The van der Waals surface area contributed by atoms with Gasteiger partial charge in [0, 0.05) is 38.3 Å². The summed E-state index contributed by atoms with van der Waals surface area (Å²) in [5.74, 6) is -0.103. The van der Waals surface area contributed by atoms with Crippen LogP contribution in [0.4, 0.5) is 0 Å². The Bertz CT molecular complexity index is 748. The molecule has 1 aliphatic rings. The van der Waals surface area contributed by atoms with Gasteiger partial charge in [-0.05, 0) is 49.6 Å². The fraction of sp³-hybridized carbons (Fsp3) is 0.571. The molecule has 0 spiro atoms. The van der Waals surface area contributed by atoms with Gasteiger partial charge in [-0.2, -0.15) is 4.31 Å². The van der Waals surface area contributed by atoms with Crippen molar-refractivity contribution in [2.75, 3.05) is 32.7 Å². The molecular formula is C21H33N3O3S. The number of amides is 1. The summed E-state index contributed by atoms with van der Waals surface area (Å²) in [6.45, 7) is 9.91. The SMILES string of the molecule is CCCN1CCC(NC(=O)/C=C/c2ccc(S(=O)(=O)N(CC)CC)cc2)CC1. The van der Waals surface area contributed by atoms with Crippen LogP contribution in [-0.4, -0.2) is 62.3 Å². The molecule has 0 saturated carbocycles. The molecular weight excluding hydrogens is 374 g/mol. The monoisotopic (exact) mass is 407 g/mol. The van der Waals surface area contributed by atoms with Gasteiger partial charge in [-0.1, -0.05) is 32.9 Å². The smallest absolute Gasteiger partial charge is 0.244 e. The fourth-order valence-electron chi connectivity index (χ4n) is 3.50. The van der Waals surface area contributed by atoms with E-state index in [1.165, 1.54) is 10.4 Å². The Morgan fingerprint density at radius 1 is 1.14 bits per heavy atom. The largest absolute Gasteiger partial charge is 0.350 e. The number of hydrogen-bond donors (Lipinski definition) is 1. The average molecular weight is 408 g/mol. The second-order valence-electron chi connectivity index (χ2n) is 7.12. The molecule has 1 saturated heterocycles. The third kappa shape index (κ3) is 6.15. The third-order valence-electron chi connectivity index (χ3n) is 5.12. The lowest BCUT2D eigenvalue weighted by atomic mass is 10.0. The van der Waals surface area contributed by atoms with Gasteiger partial charge >= 0.3 is 0 Å². The van der Waals surface area contributed by atoms with E-state index in [2.05, 4.69) is 17.1 Å².